The molecule has 240 valence electrons. The molecule has 0 aromatic heterocycles. The first-order valence-electron chi connectivity index (χ1n) is 17.1. The predicted molar refractivity (Wildman–Crippen MR) is 210 cm³/mol. The maximum absolute atomic E-state index is 2.28. The van der Waals surface area contributed by atoms with Crippen molar-refractivity contribution in [2.24, 2.45) is 0 Å². The van der Waals surface area contributed by atoms with Crippen LogP contribution < -0.4 is 0 Å². The molecule has 0 radical (unpaired) electrons. The van der Waals surface area contributed by atoms with E-state index in [0.29, 0.717) is 5.92 Å². The first kappa shape index (κ1) is 37.8. The Balaban J connectivity index is 0.000000248. The molecule has 1 atom stereocenters. The van der Waals surface area contributed by atoms with Crippen molar-refractivity contribution in [3.63, 3.8) is 0 Å². The van der Waals surface area contributed by atoms with E-state index >= 15 is 0 Å². The highest BCUT2D eigenvalue weighted by Gasteiger charge is 2.11. The van der Waals surface area contributed by atoms with Gasteiger partial charge >= 0.3 is 0 Å². The average molecular weight is 609 g/mol. The van der Waals surface area contributed by atoms with Gasteiger partial charge in [-0.2, -0.15) is 0 Å². The zero-order chi connectivity index (χ0) is 33.9. The van der Waals surface area contributed by atoms with E-state index in [9.17, 15) is 0 Å². The van der Waals surface area contributed by atoms with E-state index in [0.717, 1.165) is 0 Å². The monoisotopic (exact) mass is 608 g/mol. The van der Waals surface area contributed by atoms with Gasteiger partial charge in [0.25, 0.3) is 0 Å². The third-order valence-corrected chi connectivity index (χ3v) is 7.86. The lowest BCUT2D eigenvalue weighted by atomic mass is 9.89. The van der Waals surface area contributed by atoms with E-state index < -0.39 is 0 Å². The first-order chi connectivity index (χ1) is 22.4. The molecule has 0 saturated carbocycles. The van der Waals surface area contributed by atoms with Gasteiger partial charge in [0.1, 0.15) is 0 Å². The fourth-order valence-electron chi connectivity index (χ4n) is 5.24. The lowest BCUT2D eigenvalue weighted by Crippen LogP contribution is -1.91. The van der Waals surface area contributed by atoms with Gasteiger partial charge in [-0.05, 0) is 89.4 Å². The molecule has 0 heterocycles. The summed E-state index contributed by atoms with van der Waals surface area (Å²) in [5, 5.41) is 5.27. The third-order valence-electron chi connectivity index (χ3n) is 7.86. The van der Waals surface area contributed by atoms with E-state index in [4.69, 9.17) is 0 Å². The Morgan fingerprint density at radius 2 is 1.11 bits per heavy atom. The molecule has 0 N–H and O–H groups in total. The molecule has 0 aliphatic carbocycles. The van der Waals surface area contributed by atoms with Crippen LogP contribution in [-0.2, 0) is 0 Å². The Bertz CT molecular complexity index is 1740. The molecular formula is C46H56. The molecule has 0 aliphatic rings. The molecule has 0 amide bonds. The van der Waals surface area contributed by atoms with Crippen LogP contribution in [0.5, 0.6) is 0 Å². The Hall–Kier alpha value is -4.42. The van der Waals surface area contributed by atoms with Gasteiger partial charge < -0.3 is 0 Å². The second-order valence-electron chi connectivity index (χ2n) is 11.1. The summed E-state index contributed by atoms with van der Waals surface area (Å²) in [6.07, 6.45) is 5.57. The molecule has 0 heteroatoms. The normalized spacial score (nSPS) is 10.7. The average Bonchev–Trinajstić information content (AvgIpc) is 3.11. The minimum atomic E-state index is 0.709. The van der Waals surface area contributed by atoms with Crippen LogP contribution in [-0.4, -0.2) is 0 Å². The number of benzene rings is 6. The third kappa shape index (κ3) is 10.9. The van der Waals surface area contributed by atoms with Gasteiger partial charge in [0.05, 0.1) is 0 Å². The van der Waals surface area contributed by atoms with E-state index in [1.807, 2.05) is 27.7 Å². The molecule has 6 aromatic rings. The van der Waals surface area contributed by atoms with Crippen LogP contribution in [0, 0.1) is 20.8 Å². The molecule has 0 bridgehead atoms. The Kier molecular flexibility index (Phi) is 16.9. The van der Waals surface area contributed by atoms with Crippen molar-refractivity contribution in [1.82, 2.24) is 0 Å². The summed E-state index contributed by atoms with van der Waals surface area (Å²) in [5.74, 6) is 0.709. The minimum absolute atomic E-state index is 0.709. The summed E-state index contributed by atoms with van der Waals surface area (Å²) in [4.78, 5) is 0. The molecule has 0 unspecified atom stereocenters. The van der Waals surface area contributed by atoms with Crippen LogP contribution >= 0.6 is 0 Å². The number of allylic oxidation sites excluding steroid dienone is 1. The SMILES string of the molecule is C/C=C\c1c(C)cc2ccccc2c1-c1ccc(C)cc1.CC.CC.CC[C@@H](C)c1ccccc1.Cc1ccc2ccccc2c1. The maximum atomic E-state index is 2.28. The molecular weight excluding hydrogens is 553 g/mol. The highest BCUT2D eigenvalue weighted by molar-refractivity contribution is 6.01. The number of rotatable bonds is 4. The number of hydrogen-bond donors (Lipinski definition) is 0. The van der Waals surface area contributed by atoms with Gasteiger partial charge in [0.2, 0.25) is 0 Å². The molecule has 0 fully saturated rings. The Morgan fingerprint density at radius 3 is 1.72 bits per heavy atom. The standard InChI is InChI=1S/C21H20.C11H10.C10H14.2C2H6/c1-4-7-19-16(3)14-18-8-5-6-9-20(18)21(19)17-12-10-15(2)11-13-17;1-9-6-7-10-4-2-3-5-11(10)8-9;1-3-9(2)10-7-5-4-6-8-10;2*1-2/h4-14H,1-3H3;2-8H,1H3;4-9H,3H2,1-2H3;2*1-2H3/b7-4-;;;;/t;;9-;;/m..1../s1. The lowest BCUT2D eigenvalue weighted by Gasteiger charge is -2.14. The maximum Gasteiger partial charge on any atom is -0.00303 e. The van der Waals surface area contributed by atoms with Crippen molar-refractivity contribution in [1.29, 1.82) is 0 Å². The highest BCUT2D eigenvalue weighted by atomic mass is 14.1. The smallest absolute Gasteiger partial charge is 0.00303 e. The van der Waals surface area contributed by atoms with Gasteiger partial charge in [-0.25, -0.2) is 0 Å². The second-order valence-corrected chi connectivity index (χ2v) is 11.1. The van der Waals surface area contributed by atoms with Crippen LogP contribution in [0.2, 0.25) is 0 Å². The van der Waals surface area contributed by atoms with E-state index in [1.165, 1.54) is 66.9 Å². The zero-order valence-corrected chi connectivity index (χ0v) is 30.1. The van der Waals surface area contributed by atoms with E-state index in [1.54, 1.807) is 0 Å². The zero-order valence-electron chi connectivity index (χ0n) is 30.1. The van der Waals surface area contributed by atoms with Crippen molar-refractivity contribution < 1.29 is 0 Å². The second kappa shape index (κ2) is 20.6. The van der Waals surface area contributed by atoms with Gasteiger partial charge in [0, 0.05) is 0 Å². The van der Waals surface area contributed by atoms with Crippen molar-refractivity contribution in [3.8, 4) is 11.1 Å². The topological polar surface area (TPSA) is 0 Å². The number of fused-ring (bicyclic) bond motifs is 2. The largest absolute Gasteiger partial charge is 0.0870 e. The molecule has 6 aromatic carbocycles. The van der Waals surface area contributed by atoms with Crippen LogP contribution in [0.3, 0.4) is 0 Å². The van der Waals surface area contributed by atoms with Crippen molar-refractivity contribution in [2.75, 3.05) is 0 Å². The first-order valence-corrected chi connectivity index (χ1v) is 17.1. The van der Waals surface area contributed by atoms with Gasteiger partial charge in [-0.3, -0.25) is 0 Å². The summed E-state index contributed by atoms with van der Waals surface area (Å²) >= 11 is 0. The fourth-order valence-corrected chi connectivity index (χ4v) is 5.24. The Labute approximate surface area is 280 Å². The fraction of sp³-hybridized carbons (Fsp3) is 0.261. The highest BCUT2D eigenvalue weighted by Crippen LogP contribution is 2.35. The molecule has 0 saturated heterocycles. The molecule has 0 spiro atoms. The van der Waals surface area contributed by atoms with E-state index in [-0.39, 0.29) is 0 Å². The summed E-state index contributed by atoms with van der Waals surface area (Å²) in [5.41, 5.74) is 9.33. The molecule has 6 rings (SSSR count). The van der Waals surface area contributed by atoms with Crippen LogP contribution in [0.4, 0.5) is 0 Å². The summed E-state index contributed by atoms with van der Waals surface area (Å²) in [6, 6.07) is 45.3. The van der Waals surface area contributed by atoms with Gasteiger partial charge in [0.15, 0.2) is 0 Å². The van der Waals surface area contributed by atoms with Crippen molar-refractivity contribution >= 4 is 27.6 Å². The number of hydrogen-bond acceptors (Lipinski definition) is 0. The molecule has 46 heavy (non-hydrogen) atoms. The van der Waals surface area contributed by atoms with Crippen LogP contribution in [0.25, 0.3) is 38.7 Å². The number of aryl methyl sites for hydroxylation is 3. The lowest BCUT2D eigenvalue weighted by molar-refractivity contribution is 0.733. The Morgan fingerprint density at radius 1 is 0.565 bits per heavy atom. The van der Waals surface area contributed by atoms with Crippen molar-refractivity contribution in [2.45, 2.75) is 81.6 Å². The van der Waals surface area contributed by atoms with Gasteiger partial charge in [-0.15, -0.1) is 0 Å². The predicted octanol–water partition coefficient (Wildman–Crippen LogP) is 14.6. The quantitative estimate of drug-likeness (QED) is 0.187. The molecule has 0 nitrogen and oxygen atoms in total. The van der Waals surface area contributed by atoms with Crippen molar-refractivity contribution in [3.05, 3.63) is 161 Å². The van der Waals surface area contributed by atoms with E-state index in [2.05, 4.69) is 181 Å². The molecule has 0 aliphatic heterocycles. The van der Waals surface area contributed by atoms with Crippen LogP contribution in [0.15, 0.2) is 133 Å². The summed E-state index contributed by atoms with van der Waals surface area (Å²) < 4.78 is 0. The minimum Gasteiger partial charge on any atom is -0.0870 e. The van der Waals surface area contributed by atoms with Crippen LogP contribution in [0.1, 0.15) is 88.6 Å². The summed E-state index contributed by atoms with van der Waals surface area (Å²) in [7, 11) is 0. The summed E-state index contributed by atoms with van der Waals surface area (Å²) in [6.45, 7) is 21.0. The van der Waals surface area contributed by atoms with Gasteiger partial charge in [-0.1, -0.05) is 192 Å².